The number of hydrogen-bond donors (Lipinski definition) is 0. The first-order valence-corrected chi connectivity index (χ1v) is 18.8. The minimum atomic E-state index is -0.375. The summed E-state index contributed by atoms with van der Waals surface area (Å²) in [5, 5.41) is 0. The van der Waals surface area contributed by atoms with E-state index in [1.54, 1.807) is 0 Å². The van der Waals surface area contributed by atoms with Crippen LogP contribution in [0.3, 0.4) is 0 Å². The smallest absolute Gasteiger partial charge is 0.164 e. The van der Waals surface area contributed by atoms with E-state index >= 15 is 0 Å². The molecule has 55 heavy (non-hydrogen) atoms. The summed E-state index contributed by atoms with van der Waals surface area (Å²) in [4.78, 5) is 15.2. The Morgan fingerprint density at radius 1 is 0.236 bits per heavy atom. The molecule has 9 aromatic rings. The third kappa shape index (κ3) is 4.80. The van der Waals surface area contributed by atoms with Crippen LogP contribution in [0.25, 0.3) is 78.7 Å². The maximum atomic E-state index is 5.13. The molecule has 8 aromatic carbocycles. The van der Waals surface area contributed by atoms with Gasteiger partial charge < -0.3 is 0 Å². The van der Waals surface area contributed by atoms with Gasteiger partial charge in [0.1, 0.15) is 0 Å². The Bertz CT molecular complexity index is 2850. The molecule has 1 aromatic heterocycles. The number of benzene rings is 8. The lowest BCUT2D eigenvalue weighted by molar-refractivity contribution is 0.794. The van der Waals surface area contributed by atoms with Crippen molar-refractivity contribution in [2.75, 3.05) is 0 Å². The summed E-state index contributed by atoms with van der Waals surface area (Å²) in [6.45, 7) is 0. The minimum Gasteiger partial charge on any atom is -0.208 e. The molecule has 0 fully saturated rings. The third-order valence-electron chi connectivity index (χ3n) is 11.4. The molecular formula is C52H33N3. The molecule has 1 heterocycles. The van der Waals surface area contributed by atoms with Gasteiger partial charge in [0.05, 0.1) is 5.41 Å². The molecule has 0 unspecified atom stereocenters. The van der Waals surface area contributed by atoms with E-state index in [9.17, 15) is 0 Å². The molecule has 2 aliphatic rings. The Morgan fingerprint density at radius 2 is 0.618 bits per heavy atom. The lowest BCUT2D eigenvalue weighted by Crippen LogP contribution is -2.25. The van der Waals surface area contributed by atoms with E-state index in [2.05, 4.69) is 170 Å². The van der Waals surface area contributed by atoms with E-state index in [0.29, 0.717) is 17.5 Å². The molecule has 256 valence electrons. The van der Waals surface area contributed by atoms with Crippen LogP contribution in [-0.2, 0) is 5.41 Å². The minimum absolute atomic E-state index is 0.375. The Morgan fingerprint density at radius 3 is 1.18 bits per heavy atom. The lowest BCUT2D eigenvalue weighted by Gasteiger charge is -2.30. The lowest BCUT2D eigenvalue weighted by atomic mass is 9.70. The van der Waals surface area contributed by atoms with Crippen LogP contribution in [0.2, 0.25) is 0 Å². The molecule has 2 aliphatic carbocycles. The molecule has 0 bridgehead atoms. The highest BCUT2D eigenvalue weighted by molar-refractivity contribution is 5.96. The standard InChI is InChI=1S/C52H33N3/c1-3-15-35(16-4-1)39-19-7-8-23-44(39)51-54-49(36-17-5-2-6-18-36)53-50(55-51)37-29-27-34(28-30-37)38-31-32-43-42-22-11-14-26-47(42)52(48(43)33-38)45-24-12-9-20-40(45)41-21-10-13-25-46(41)52/h1-33H. The molecule has 0 saturated carbocycles. The Labute approximate surface area is 320 Å². The number of hydrogen-bond acceptors (Lipinski definition) is 3. The van der Waals surface area contributed by atoms with Crippen LogP contribution in [0.15, 0.2) is 200 Å². The first-order valence-electron chi connectivity index (χ1n) is 18.8. The highest BCUT2D eigenvalue weighted by Gasteiger charge is 2.51. The molecule has 11 rings (SSSR count). The van der Waals surface area contributed by atoms with E-state index in [4.69, 9.17) is 15.0 Å². The van der Waals surface area contributed by atoms with Gasteiger partial charge in [0.25, 0.3) is 0 Å². The predicted molar refractivity (Wildman–Crippen MR) is 223 cm³/mol. The number of rotatable bonds is 5. The van der Waals surface area contributed by atoms with Crippen LogP contribution in [-0.4, -0.2) is 15.0 Å². The summed E-state index contributed by atoms with van der Waals surface area (Å²) in [7, 11) is 0. The van der Waals surface area contributed by atoms with Crippen LogP contribution >= 0.6 is 0 Å². The zero-order valence-corrected chi connectivity index (χ0v) is 29.9. The largest absolute Gasteiger partial charge is 0.208 e. The summed E-state index contributed by atoms with van der Waals surface area (Å²) in [5.41, 5.74) is 17.6. The van der Waals surface area contributed by atoms with Crippen molar-refractivity contribution in [1.82, 2.24) is 15.0 Å². The summed E-state index contributed by atoms with van der Waals surface area (Å²) in [6, 6.07) is 71.5. The normalized spacial score (nSPS) is 12.9. The predicted octanol–water partition coefficient (Wildman–Crippen LogP) is 12.6. The molecular weight excluding hydrogens is 667 g/mol. The molecule has 1 spiro atoms. The van der Waals surface area contributed by atoms with Gasteiger partial charge in [0.2, 0.25) is 0 Å². The Balaban J connectivity index is 1.04. The first kappa shape index (κ1) is 31.3. The van der Waals surface area contributed by atoms with Crippen molar-refractivity contribution in [3.63, 3.8) is 0 Å². The summed E-state index contributed by atoms with van der Waals surface area (Å²) in [6.07, 6.45) is 0. The van der Waals surface area contributed by atoms with E-state index in [1.165, 1.54) is 50.1 Å². The van der Waals surface area contributed by atoms with Crippen LogP contribution in [0.5, 0.6) is 0 Å². The van der Waals surface area contributed by atoms with Crippen molar-refractivity contribution < 1.29 is 0 Å². The molecule has 3 nitrogen and oxygen atoms in total. The van der Waals surface area contributed by atoms with Crippen LogP contribution in [0.4, 0.5) is 0 Å². The quantitative estimate of drug-likeness (QED) is 0.179. The second kappa shape index (κ2) is 12.4. The fraction of sp³-hybridized carbons (Fsp3) is 0.0192. The maximum Gasteiger partial charge on any atom is 0.164 e. The van der Waals surface area contributed by atoms with Crippen molar-refractivity contribution in [3.8, 4) is 78.7 Å². The number of aromatic nitrogens is 3. The Kier molecular flexibility index (Phi) is 7.08. The molecule has 0 atom stereocenters. The van der Waals surface area contributed by atoms with E-state index in [1.807, 2.05) is 30.3 Å². The summed E-state index contributed by atoms with van der Waals surface area (Å²) in [5.74, 6) is 1.93. The molecule has 0 aliphatic heterocycles. The van der Waals surface area contributed by atoms with Gasteiger partial charge in [0, 0.05) is 16.7 Å². The number of nitrogens with zero attached hydrogens (tertiary/aromatic N) is 3. The van der Waals surface area contributed by atoms with Crippen molar-refractivity contribution in [2.24, 2.45) is 0 Å². The van der Waals surface area contributed by atoms with E-state index in [0.717, 1.165) is 33.4 Å². The van der Waals surface area contributed by atoms with Gasteiger partial charge in [-0.3, -0.25) is 0 Å². The van der Waals surface area contributed by atoms with E-state index in [-0.39, 0.29) is 5.41 Å². The second-order valence-electron chi connectivity index (χ2n) is 14.3. The molecule has 0 amide bonds. The van der Waals surface area contributed by atoms with Crippen molar-refractivity contribution in [3.05, 3.63) is 222 Å². The fourth-order valence-corrected chi connectivity index (χ4v) is 8.98. The molecule has 0 saturated heterocycles. The van der Waals surface area contributed by atoms with Gasteiger partial charge in [0.15, 0.2) is 17.5 Å². The average Bonchev–Trinajstić information content (AvgIpc) is 3.74. The van der Waals surface area contributed by atoms with Gasteiger partial charge in [-0.1, -0.05) is 194 Å². The SMILES string of the molecule is c1ccc(-c2nc(-c3ccc(-c4ccc5c(c4)C4(c6ccccc6-c6ccccc64)c4ccccc4-5)cc3)nc(-c3ccccc3-c3ccccc3)n2)cc1. The van der Waals surface area contributed by atoms with Gasteiger partial charge in [-0.25, -0.2) is 15.0 Å². The van der Waals surface area contributed by atoms with Crippen LogP contribution < -0.4 is 0 Å². The zero-order valence-electron chi connectivity index (χ0n) is 29.9. The topological polar surface area (TPSA) is 38.7 Å². The maximum absolute atomic E-state index is 5.13. The van der Waals surface area contributed by atoms with Crippen molar-refractivity contribution in [2.45, 2.75) is 5.41 Å². The van der Waals surface area contributed by atoms with Crippen LogP contribution in [0, 0.1) is 0 Å². The molecule has 3 heteroatoms. The van der Waals surface area contributed by atoms with Gasteiger partial charge in [-0.15, -0.1) is 0 Å². The van der Waals surface area contributed by atoms with Gasteiger partial charge >= 0.3 is 0 Å². The van der Waals surface area contributed by atoms with Gasteiger partial charge in [-0.05, 0) is 72.8 Å². The molecule has 0 N–H and O–H groups in total. The summed E-state index contributed by atoms with van der Waals surface area (Å²) < 4.78 is 0. The highest BCUT2D eigenvalue weighted by atomic mass is 15.0. The fourth-order valence-electron chi connectivity index (χ4n) is 8.98. The van der Waals surface area contributed by atoms with Crippen molar-refractivity contribution in [1.29, 1.82) is 0 Å². The Hall–Kier alpha value is -7.23. The second-order valence-corrected chi connectivity index (χ2v) is 14.3. The average molecular weight is 700 g/mol. The van der Waals surface area contributed by atoms with Gasteiger partial charge in [-0.2, -0.15) is 0 Å². The van der Waals surface area contributed by atoms with Crippen LogP contribution in [0.1, 0.15) is 22.3 Å². The van der Waals surface area contributed by atoms with E-state index < -0.39 is 0 Å². The third-order valence-corrected chi connectivity index (χ3v) is 11.4. The first-order chi connectivity index (χ1) is 27.3. The highest BCUT2D eigenvalue weighted by Crippen LogP contribution is 2.63. The van der Waals surface area contributed by atoms with Crippen molar-refractivity contribution >= 4 is 0 Å². The zero-order chi connectivity index (χ0) is 36.3. The molecule has 0 radical (unpaired) electrons. The summed E-state index contributed by atoms with van der Waals surface area (Å²) >= 11 is 0. The monoisotopic (exact) mass is 699 g/mol. The number of fused-ring (bicyclic) bond motifs is 10.